The second-order valence-corrected chi connectivity index (χ2v) is 5.28. The van der Waals surface area contributed by atoms with E-state index in [0.717, 1.165) is 6.42 Å². The van der Waals surface area contributed by atoms with E-state index in [1.807, 2.05) is 0 Å². The Kier molecular flexibility index (Phi) is 13.9. The highest BCUT2D eigenvalue weighted by Crippen LogP contribution is 2.12. The standard InChI is InChI=1S/C16H31NO/c1-2-3-4-5-6-7-8-9-10-11-12-13-14-16(17)15-18/h15,17H,2-14H2,1H3. The Balaban J connectivity index is 2.98. The van der Waals surface area contributed by atoms with E-state index in [4.69, 9.17) is 5.41 Å². The molecule has 0 aliphatic rings. The number of nitrogens with one attached hydrogen (secondary N) is 1. The second-order valence-electron chi connectivity index (χ2n) is 5.28. The molecule has 0 fully saturated rings. The molecule has 0 heterocycles. The van der Waals surface area contributed by atoms with Crippen LogP contribution in [0.4, 0.5) is 0 Å². The van der Waals surface area contributed by atoms with Crippen molar-refractivity contribution in [2.75, 3.05) is 0 Å². The van der Waals surface area contributed by atoms with Crippen molar-refractivity contribution in [2.24, 2.45) is 0 Å². The van der Waals surface area contributed by atoms with Crippen LogP contribution in [0.2, 0.25) is 0 Å². The summed E-state index contributed by atoms with van der Waals surface area (Å²) in [5.41, 5.74) is 0.252. The summed E-state index contributed by atoms with van der Waals surface area (Å²) in [5.74, 6) is 0. The van der Waals surface area contributed by atoms with Crippen molar-refractivity contribution < 1.29 is 4.79 Å². The lowest BCUT2D eigenvalue weighted by atomic mass is 10.0. The Morgan fingerprint density at radius 1 is 0.778 bits per heavy atom. The van der Waals surface area contributed by atoms with Crippen LogP contribution in [0.1, 0.15) is 90.4 Å². The summed E-state index contributed by atoms with van der Waals surface area (Å²) in [6.07, 6.45) is 17.2. The topological polar surface area (TPSA) is 40.9 Å². The van der Waals surface area contributed by atoms with Gasteiger partial charge in [-0.1, -0.05) is 77.6 Å². The van der Waals surface area contributed by atoms with Gasteiger partial charge in [0.1, 0.15) is 0 Å². The van der Waals surface area contributed by atoms with E-state index in [0.29, 0.717) is 12.7 Å². The largest absolute Gasteiger partial charge is 0.302 e. The molecule has 0 bridgehead atoms. The molecule has 0 aromatic rings. The van der Waals surface area contributed by atoms with Crippen molar-refractivity contribution in [3.05, 3.63) is 0 Å². The van der Waals surface area contributed by atoms with Crippen LogP contribution in [0.25, 0.3) is 0 Å². The van der Waals surface area contributed by atoms with Gasteiger partial charge in [-0.25, -0.2) is 0 Å². The Labute approximate surface area is 113 Å². The summed E-state index contributed by atoms with van der Waals surface area (Å²) in [6, 6.07) is 0. The molecule has 0 amide bonds. The molecule has 1 N–H and O–H groups in total. The van der Waals surface area contributed by atoms with Crippen molar-refractivity contribution >= 4 is 12.0 Å². The fraction of sp³-hybridized carbons (Fsp3) is 0.875. The first-order valence-electron chi connectivity index (χ1n) is 7.84. The summed E-state index contributed by atoms with van der Waals surface area (Å²) < 4.78 is 0. The first-order chi connectivity index (χ1) is 8.81. The molecule has 0 unspecified atom stereocenters. The summed E-state index contributed by atoms with van der Waals surface area (Å²) in [4.78, 5) is 10.2. The molecule has 106 valence electrons. The highest BCUT2D eigenvalue weighted by molar-refractivity contribution is 6.26. The molecule has 0 saturated heterocycles. The van der Waals surface area contributed by atoms with Gasteiger partial charge in [0.15, 0.2) is 6.29 Å². The number of carbonyl (C=O) groups is 1. The number of aldehydes is 1. The number of hydrogen-bond acceptors (Lipinski definition) is 2. The minimum atomic E-state index is 0.252. The zero-order valence-electron chi connectivity index (χ0n) is 12.2. The molecule has 0 saturated carbocycles. The third-order valence-corrected chi connectivity index (χ3v) is 3.44. The lowest BCUT2D eigenvalue weighted by Crippen LogP contribution is -1.96. The minimum absolute atomic E-state index is 0.252. The summed E-state index contributed by atoms with van der Waals surface area (Å²) >= 11 is 0. The second kappa shape index (κ2) is 14.4. The van der Waals surface area contributed by atoms with Crippen LogP contribution >= 0.6 is 0 Å². The van der Waals surface area contributed by atoms with Gasteiger partial charge in [0.2, 0.25) is 0 Å². The molecule has 0 aromatic heterocycles. The van der Waals surface area contributed by atoms with Crippen molar-refractivity contribution in [1.29, 1.82) is 5.41 Å². The molecule has 0 spiro atoms. The molecule has 0 rings (SSSR count). The fourth-order valence-corrected chi connectivity index (χ4v) is 2.22. The van der Waals surface area contributed by atoms with E-state index >= 15 is 0 Å². The van der Waals surface area contributed by atoms with Crippen LogP contribution in [-0.2, 0) is 4.79 Å². The molecule has 18 heavy (non-hydrogen) atoms. The molecular formula is C16H31NO. The molecule has 2 heteroatoms. The van der Waals surface area contributed by atoms with E-state index in [9.17, 15) is 4.79 Å². The van der Waals surface area contributed by atoms with Gasteiger partial charge >= 0.3 is 0 Å². The quantitative estimate of drug-likeness (QED) is 0.255. The van der Waals surface area contributed by atoms with Crippen LogP contribution < -0.4 is 0 Å². The third kappa shape index (κ3) is 13.4. The fourth-order valence-electron chi connectivity index (χ4n) is 2.22. The molecule has 2 nitrogen and oxygen atoms in total. The molecule has 0 atom stereocenters. The lowest BCUT2D eigenvalue weighted by molar-refractivity contribution is -0.102. The highest BCUT2D eigenvalue weighted by Gasteiger charge is 1.95. The zero-order valence-corrected chi connectivity index (χ0v) is 12.2. The molecule has 0 aliphatic carbocycles. The van der Waals surface area contributed by atoms with E-state index in [1.54, 1.807) is 0 Å². The zero-order chi connectivity index (χ0) is 13.5. The number of hydrogen-bond donors (Lipinski definition) is 1. The Morgan fingerprint density at radius 3 is 1.56 bits per heavy atom. The van der Waals surface area contributed by atoms with Crippen LogP contribution in [0.5, 0.6) is 0 Å². The van der Waals surface area contributed by atoms with E-state index in [-0.39, 0.29) is 5.71 Å². The van der Waals surface area contributed by atoms with Gasteiger partial charge in [-0.15, -0.1) is 0 Å². The SMILES string of the molecule is CCCCCCCCCCCCCCC(=N)C=O. The number of carbonyl (C=O) groups excluding carboxylic acids is 1. The maximum absolute atomic E-state index is 10.2. The van der Waals surface area contributed by atoms with Crippen LogP contribution in [0.3, 0.4) is 0 Å². The van der Waals surface area contributed by atoms with Gasteiger partial charge in [0.25, 0.3) is 0 Å². The van der Waals surface area contributed by atoms with Gasteiger partial charge in [-0.05, 0) is 12.8 Å². The van der Waals surface area contributed by atoms with Crippen molar-refractivity contribution in [3.63, 3.8) is 0 Å². The van der Waals surface area contributed by atoms with Crippen LogP contribution in [0, 0.1) is 5.41 Å². The normalized spacial score (nSPS) is 10.5. The Morgan fingerprint density at radius 2 is 1.17 bits per heavy atom. The van der Waals surface area contributed by atoms with Crippen molar-refractivity contribution in [1.82, 2.24) is 0 Å². The lowest BCUT2D eigenvalue weighted by Gasteiger charge is -2.02. The monoisotopic (exact) mass is 253 g/mol. The molecular weight excluding hydrogens is 222 g/mol. The van der Waals surface area contributed by atoms with Crippen LogP contribution in [-0.4, -0.2) is 12.0 Å². The first kappa shape index (κ1) is 17.3. The summed E-state index contributed by atoms with van der Waals surface area (Å²) in [6.45, 7) is 2.26. The van der Waals surface area contributed by atoms with Crippen molar-refractivity contribution in [3.8, 4) is 0 Å². The maximum atomic E-state index is 10.2. The van der Waals surface area contributed by atoms with E-state index < -0.39 is 0 Å². The van der Waals surface area contributed by atoms with Gasteiger partial charge in [0.05, 0.1) is 5.71 Å². The third-order valence-electron chi connectivity index (χ3n) is 3.44. The van der Waals surface area contributed by atoms with Gasteiger partial charge in [-0.2, -0.15) is 0 Å². The smallest absolute Gasteiger partial charge is 0.163 e. The molecule has 0 radical (unpaired) electrons. The number of unbranched alkanes of at least 4 members (excludes halogenated alkanes) is 11. The number of rotatable bonds is 14. The summed E-state index contributed by atoms with van der Waals surface area (Å²) in [5, 5.41) is 7.21. The molecule has 0 aromatic carbocycles. The molecule has 0 aliphatic heterocycles. The van der Waals surface area contributed by atoms with Crippen molar-refractivity contribution in [2.45, 2.75) is 90.4 Å². The Bertz CT molecular complexity index is 201. The maximum Gasteiger partial charge on any atom is 0.163 e. The predicted molar refractivity (Wildman–Crippen MR) is 79.5 cm³/mol. The van der Waals surface area contributed by atoms with Gasteiger partial charge in [0, 0.05) is 0 Å². The average molecular weight is 253 g/mol. The minimum Gasteiger partial charge on any atom is -0.302 e. The van der Waals surface area contributed by atoms with Gasteiger partial charge in [-0.3, -0.25) is 4.79 Å². The summed E-state index contributed by atoms with van der Waals surface area (Å²) in [7, 11) is 0. The van der Waals surface area contributed by atoms with E-state index in [2.05, 4.69) is 6.92 Å². The Hall–Kier alpha value is -0.660. The van der Waals surface area contributed by atoms with Gasteiger partial charge < -0.3 is 5.41 Å². The first-order valence-corrected chi connectivity index (χ1v) is 7.84. The average Bonchev–Trinajstić information content (AvgIpc) is 2.39. The van der Waals surface area contributed by atoms with Crippen LogP contribution in [0.15, 0.2) is 0 Å². The highest BCUT2D eigenvalue weighted by atomic mass is 16.1. The van der Waals surface area contributed by atoms with E-state index in [1.165, 1.54) is 70.6 Å². The predicted octanol–water partition coefficient (Wildman–Crippen LogP) is 5.30.